The number of amides is 2. The van der Waals surface area contributed by atoms with Crippen LogP contribution >= 0.6 is 11.6 Å². The molecule has 3 heterocycles. The first-order valence-electron chi connectivity index (χ1n) is 12.5. The molecule has 0 spiro atoms. The lowest BCUT2D eigenvalue weighted by Crippen LogP contribution is -2.45. The maximum Gasteiger partial charge on any atom is 0.326 e. The van der Waals surface area contributed by atoms with Crippen molar-refractivity contribution in [3.63, 3.8) is 0 Å². The molecule has 0 radical (unpaired) electrons. The number of carbonyl (C=O) groups excluding carboxylic acids is 2. The lowest BCUT2D eigenvalue weighted by atomic mass is 9.89. The summed E-state index contributed by atoms with van der Waals surface area (Å²) in [5.74, 6) is -0.439. The molecule has 1 unspecified atom stereocenters. The quantitative estimate of drug-likeness (QED) is 0.520. The topological polar surface area (TPSA) is 112 Å². The first kappa shape index (κ1) is 25.9. The Hall–Kier alpha value is -3.13. The Balaban J connectivity index is 1.30. The molecule has 9 heteroatoms. The van der Waals surface area contributed by atoms with Gasteiger partial charge in [-0.3, -0.25) is 9.59 Å². The van der Waals surface area contributed by atoms with Crippen molar-refractivity contribution in [3.8, 4) is 0 Å². The SMILES string of the molecule is Cc1cc(Cl)cc(C)c1C(=O)NC(CC1CCN(C(=O)Cc2ccc3c(n2)NCCC3)CC1)C(=O)O. The van der Waals surface area contributed by atoms with Crippen LogP contribution in [0.1, 0.15) is 58.4 Å². The molecule has 2 aromatic rings. The average molecular weight is 513 g/mol. The molecule has 8 nitrogen and oxygen atoms in total. The third kappa shape index (κ3) is 6.16. The number of aromatic nitrogens is 1. The summed E-state index contributed by atoms with van der Waals surface area (Å²) in [5, 5.41) is 16.3. The molecule has 0 aliphatic carbocycles. The van der Waals surface area contributed by atoms with Gasteiger partial charge in [0.1, 0.15) is 11.9 Å². The number of piperidine rings is 1. The minimum atomic E-state index is -1.06. The van der Waals surface area contributed by atoms with E-state index in [4.69, 9.17) is 11.6 Å². The highest BCUT2D eigenvalue weighted by molar-refractivity contribution is 6.30. The molecule has 36 heavy (non-hydrogen) atoms. The van der Waals surface area contributed by atoms with Crippen LogP contribution in [0.15, 0.2) is 24.3 Å². The maximum atomic E-state index is 12.9. The molecule has 192 valence electrons. The van der Waals surface area contributed by atoms with Crippen LogP contribution in [0.5, 0.6) is 0 Å². The zero-order chi connectivity index (χ0) is 25.8. The molecule has 0 bridgehead atoms. The van der Waals surface area contributed by atoms with Gasteiger partial charge >= 0.3 is 5.97 Å². The van der Waals surface area contributed by atoms with Crippen LogP contribution < -0.4 is 10.6 Å². The van der Waals surface area contributed by atoms with E-state index in [9.17, 15) is 19.5 Å². The van der Waals surface area contributed by atoms with Crippen LogP contribution in [0, 0.1) is 19.8 Å². The summed E-state index contributed by atoms with van der Waals surface area (Å²) in [6.45, 7) is 5.62. The highest BCUT2D eigenvalue weighted by Gasteiger charge is 2.29. The van der Waals surface area contributed by atoms with E-state index in [1.807, 2.05) is 11.0 Å². The predicted molar refractivity (Wildman–Crippen MR) is 138 cm³/mol. The lowest BCUT2D eigenvalue weighted by Gasteiger charge is -2.33. The highest BCUT2D eigenvalue weighted by Crippen LogP contribution is 2.25. The van der Waals surface area contributed by atoms with E-state index in [0.29, 0.717) is 54.1 Å². The van der Waals surface area contributed by atoms with Crippen molar-refractivity contribution in [2.45, 2.75) is 58.4 Å². The Morgan fingerprint density at radius 3 is 2.56 bits per heavy atom. The fourth-order valence-electron chi connectivity index (χ4n) is 5.21. The van der Waals surface area contributed by atoms with Crippen LogP contribution in [-0.4, -0.2) is 58.5 Å². The molecule has 2 aliphatic heterocycles. The summed E-state index contributed by atoms with van der Waals surface area (Å²) >= 11 is 6.06. The molecule has 0 saturated carbocycles. The van der Waals surface area contributed by atoms with Gasteiger partial charge < -0.3 is 20.6 Å². The van der Waals surface area contributed by atoms with Crippen LogP contribution in [0.2, 0.25) is 5.02 Å². The maximum absolute atomic E-state index is 12.9. The number of carbonyl (C=O) groups is 3. The number of aliphatic carboxylic acids is 1. The molecule has 2 amide bonds. The van der Waals surface area contributed by atoms with Gasteiger partial charge in [-0.1, -0.05) is 17.7 Å². The van der Waals surface area contributed by atoms with Gasteiger partial charge in [-0.05, 0) is 86.8 Å². The number of anilines is 1. The molecule has 2 aliphatic rings. The first-order chi connectivity index (χ1) is 17.2. The number of carboxylic acid groups (broad SMARTS) is 1. The first-order valence-corrected chi connectivity index (χ1v) is 12.9. The standard InChI is InChI=1S/C27H33ClN4O4/c1-16-12-20(28)13-17(2)24(16)26(34)31-22(27(35)36)14-18-7-10-32(11-8-18)23(33)15-21-6-5-19-4-3-9-29-25(19)30-21/h5-6,12-13,18,22H,3-4,7-11,14-15H2,1-2H3,(H,29,30)(H,31,34)(H,35,36). The van der Waals surface area contributed by atoms with E-state index in [1.165, 1.54) is 5.56 Å². The second kappa shape index (κ2) is 11.3. The Labute approximate surface area is 216 Å². The van der Waals surface area contributed by atoms with Gasteiger partial charge in [-0.15, -0.1) is 0 Å². The van der Waals surface area contributed by atoms with Crippen LogP contribution in [0.4, 0.5) is 5.82 Å². The van der Waals surface area contributed by atoms with Gasteiger partial charge in [0.15, 0.2) is 0 Å². The van der Waals surface area contributed by atoms with E-state index in [2.05, 4.69) is 21.7 Å². The van der Waals surface area contributed by atoms with E-state index in [-0.39, 0.29) is 18.2 Å². The van der Waals surface area contributed by atoms with Gasteiger partial charge in [0.2, 0.25) is 5.91 Å². The van der Waals surface area contributed by atoms with E-state index >= 15 is 0 Å². The van der Waals surface area contributed by atoms with E-state index < -0.39 is 17.9 Å². The molecule has 1 aromatic heterocycles. The fraction of sp³-hybridized carbons (Fsp3) is 0.481. The van der Waals surface area contributed by atoms with Gasteiger partial charge in [-0.2, -0.15) is 0 Å². The number of nitrogens with zero attached hydrogens (tertiary/aromatic N) is 2. The number of fused-ring (bicyclic) bond motifs is 1. The molecule has 1 saturated heterocycles. The number of hydrogen-bond acceptors (Lipinski definition) is 5. The van der Waals surface area contributed by atoms with Gasteiger partial charge in [0.25, 0.3) is 5.91 Å². The third-order valence-corrected chi connectivity index (χ3v) is 7.37. The van der Waals surface area contributed by atoms with E-state index in [0.717, 1.165) is 30.9 Å². The zero-order valence-electron chi connectivity index (χ0n) is 20.8. The molecule has 1 fully saturated rings. The van der Waals surface area contributed by atoms with Crippen molar-refractivity contribution in [1.82, 2.24) is 15.2 Å². The van der Waals surface area contributed by atoms with Gasteiger partial charge in [-0.25, -0.2) is 9.78 Å². The molecule has 4 rings (SSSR count). The third-order valence-electron chi connectivity index (χ3n) is 7.15. The minimum Gasteiger partial charge on any atom is -0.480 e. The molecule has 1 aromatic carbocycles. The summed E-state index contributed by atoms with van der Waals surface area (Å²) in [4.78, 5) is 44.1. The molecule has 3 N–H and O–H groups in total. The molecule has 1 atom stereocenters. The molecular formula is C27H33ClN4O4. The van der Waals surface area contributed by atoms with Crippen molar-refractivity contribution < 1.29 is 19.5 Å². The number of halogens is 1. The lowest BCUT2D eigenvalue weighted by molar-refractivity contribution is -0.140. The summed E-state index contributed by atoms with van der Waals surface area (Å²) in [7, 11) is 0. The monoisotopic (exact) mass is 512 g/mol. The second-order valence-corrected chi connectivity index (χ2v) is 10.3. The number of hydrogen-bond donors (Lipinski definition) is 3. The number of likely N-dealkylation sites (tertiary alicyclic amines) is 1. The fourth-order valence-corrected chi connectivity index (χ4v) is 5.53. The van der Waals surface area contributed by atoms with Crippen molar-refractivity contribution in [3.05, 3.63) is 57.2 Å². The van der Waals surface area contributed by atoms with Crippen LogP contribution in [0.3, 0.4) is 0 Å². The van der Waals surface area contributed by atoms with E-state index in [1.54, 1.807) is 26.0 Å². The predicted octanol–water partition coefficient (Wildman–Crippen LogP) is 3.76. The number of rotatable bonds is 7. The van der Waals surface area contributed by atoms with Crippen molar-refractivity contribution in [2.75, 3.05) is 25.0 Å². The summed E-state index contributed by atoms with van der Waals surface area (Å²) in [6, 6.07) is 6.38. The summed E-state index contributed by atoms with van der Waals surface area (Å²) < 4.78 is 0. The zero-order valence-corrected chi connectivity index (χ0v) is 21.5. The number of benzene rings is 1. The second-order valence-electron chi connectivity index (χ2n) is 9.86. The van der Waals surface area contributed by atoms with Crippen molar-refractivity contribution in [1.29, 1.82) is 0 Å². The number of pyridine rings is 1. The van der Waals surface area contributed by atoms with Crippen molar-refractivity contribution in [2.24, 2.45) is 5.92 Å². The van der Waals surface area contributed by atoms with Crippen LogP contribution in [0.25, 0.3) is 0 Å². The smallest absolute Gasteiger partial charge is 0.326 e. The minimum absolute atomic E-state index is 0.0356. The Kier molecular flexibility index (Phi) is 8.14. The average Bonchev–Trinajstić information content (AvgIpc) is 2.83. The van der Waals surface area contributed by atoms with Crippen LogP contribution in [-0.2, 0) is 22.4 Å². The number of aryl methyl sites for hydroxylation is 3. The van der Waals surface area contributed by atoms with Gasteiger partial charge in [0, 0.05) is 30.2 Å². The normalized spacial score (nSPS) is 16.6. The Morgan fingerprint density at radius 2 is 1.89 bits per heavy atom. The van der Waals surface area contributed by atoms with Gasteiger partial charge in [0.05, 0.1) is 12.1 Å². The van der Waals surface area contributed by atoms with Crippen molar-refractivity contribution >= 4 is 35.2 Å². The largest absolute Gasteiger partial charge is 0.480 e. The number of carboxylic acids is 1. The Morgan fingerprint density at radius 1 is 1.19 bits per heavy atom. The highest BCUT2D eigenvalue weighted by atomic mass is 35.5. The molecular weight excluding hydrogens is 480 g/mol. The summed E-state index contributed by atoms with van der Waals surface area (Å²) in [5.41, 5.74) is 3.82. The number of nitrogens with one attached hydrogen (secondary N) is 2. The Bertz CT molecular complexity index is 1140. The summed E-state index contributed by atoms with van der Waals surface area (Å²) in [6.07, 6.45) is 4.08.